The fourth-order valence-corrected chi connectivity index (χ4v) is 2.93. The zero-order chi connectivity index (χ0) is 21.4. The predicted molar refractivity (Wildman–Crippen MR) is 113 cm³/mol. The molecule has 0 saturated heterocycles. The Morgan fingerprint density at radius 1 is 0.862 bits per heavy atom. The van der Waals surface area contributed by atoms with Crippen LogP contribution in [-0.2, 0) is 22.6 Å². The molecule has 1 atom stereocenters. The minimum absolute atomic E-state index is 0.00415. The van der Waals surface area contributed by atoms with Crippen molar-refractivity contribution in [1.82, 2.24) is 10.2 Å². The third kappa shape index (κ3) is 6.52. The van der Waals surface area contributed by atoms with E-state index in [0.29, 0.717) is 6.54 Å². The maximum Gasteiger partial charge on any atom is 0.242 e. The van der Waals surface area contributed by atoms with Crippen LogP contribution in [-0.4, -0.2) is 43.0 Å². The number of amides is 2. The van der Waals surface area contributed by atoms with Crippen LogP contribution in [0.5, 0.6) is 11.5 Å². The van der Waals surface area contributed by atoms with Gasteiger partial charge < -0.3 is 19.7 Å². The van der Waals surface area contributed by atoms with Gasteiger partial charge in [-0.1, -0.05) is 24.3 Å². The van der Waals surface area contributed by atoms with Crippen LogP contribution in [0.3, 0.4) is 0 Å². The summed E-state index contributed by atoms with van der Waals surface area (Å²) in [4.78, 5) is 27.3. The average molecular weight is 399 g/mol. The summed E-state index contributed by atoms with van der Waals surface area (Å²) < 4.78 is 10.4. The number of nitrogens with zero attached hydrogens (tertiary/aromatic N) is 1. The molecule has 0 aliphatic heterocycles. The Morgan fingerprint density at radius 3 is 1.79 bits per heavy atom. The first-order valence-corrected chi connectivity index (χ1v) is 9.69. The molecule has 0 unspecified atom stereocenters. The fourth-order valence-electron chi connectivity index (χ4n) is 2.93. The van der Waals surface area contributed by atoms with E-state index in [1.54, 1.807) is 26.0 Å². The van der Waals surface area contributed by atoms with Gasteiger partial charge in [0, 0.05) is 12.6 Å². The Morgan fingerprint density at radius 2 is 1.34 bits per heavy atom. The Hall–Kier alpha value is -3.02. The van der Waals surface area contributed by atoms with E-state index in [9.17, 15) is 9.59 Å². The second-order valence-corrected chi connectivity index (χ2v) is 7.23. The van der Waals surface area contributed by atoms with Gasteiger partial charge in [0.05, 0.1) is 20.6 Å². The Kier molecular flexibility index (Phi) is 8.07. The number of ether oxygens (including phenoxy) is 2. The topological polar surface area (TPSA) is 67.9 Å². The van der Waals surface area contributed by atoms with Crippen molar-refractivity contribution in [2.24, 2.45) is 0 Å². The molecule has 0 radical (unpaired) electrons. The molecule has 2 aromatic rings. The summed E-state index contributed by atoms with van der Waals surface area (Å²) in [5.41, 5.74) is 1.80. The maximum atomic E-state index is 13.1. The normalized spacial score (nSPS) is 11.7. The number of hydrogen-bond acceptors (Lipinski definition) is 4. The van der Waals surface area contributed by atoms with Gasteiger partial charge in [0.1, 0.15) is 17.5 Å². The number of carbonyl (C=O) groups excluding carboxylic acids is 2. The summed E-state index contributed by atoms with van der Waals surface area (Å²) in [6.07, 6.45) is 0.208. The van der Waals surface area contributed by atoms with Gasteiger partial charge in [-0.25, -0.2) is 0 Å². The largest absolute Gasteiger partial charge is 0.497 e. The van der Waals surface area contributed by atoms with Gasteiger partial charge in [0.25, 0.3) is 0 Å². The molecule has 29 heavy (non-hydrogen) atoms. The summed E-state index contributed by atoms with van der Waals surface area (Å²) in [7, 11) is 3.21. The van der Waals surface area contributed by atoms with E-state index in [0.717, 1.165) is 22.6 Å². The van der Waals surface area contributed by atoms with Gasteiger partial charge in [0.2, 0.25) is 11.8 Å². The van der Waals surface area contributed by atoms with Gasteiger partial charge in [-0.3, -0.25) is 9.59 Å². The summed E-state index contributed by atoms with van der Waals surface area (Å²) in [6, 6.07) is 14.3. The summed E-state index contributed by atoms with van der Waals surface area (Å²) >= 11 is 0. The lowest BCUT2D eigenvalue weighted by Gasteiger charge is -2.29. The van der Waals surface area contributed by atoms with E-state index in [1.807, 2.05) is 62.4 Å². The molecule has 156 valence electrons. The molecule has 2 rings (SSSR count). The minimum Gasteiger partial charge on any atom is -0.497 e. The molecular formula is C23H30N2O4. The minimum atomic E-state index is -0.592. The smallest absolute Gasteiger partial charge is 0.242 e. The number of benzene rings is 2. The standard InChI is InChI=1S/C23H30N2O4/c1-16(2)24-23(27)17(3)25(15-19-8-12-21(29-5)13-9-19)22(26)14-18-6-10-20(28-4)11-7-18/h6-13,16-17H,14-15H2,1-5H3,(H,24,27)/t17-/m0/s1. The lowest BCUT2D eigenvalue weighted by molar-refractivity contribution is -0.140. The van der Waals surface area contributed by atoms with Crippen LogP contribution in [0.25, 0.3) is 0 Å². The number of nitrogens with one attached hydrogen (secondary N) is 1. The van der Waals surface area contributed by atoms with Gasteiger partial charge in [-0.15, -0.1) is 0 Å². The highest BCUT2D eigenvalue weighted by Gasteiger charge is 2.26. The van der Waals surface area contributed by atoms with E-state index >= 15 is 0 Å². The lowest BCUT2D eigenvalue weighted by Crippen LogP contribution is -2.49. The van der Waals surface area contributed by atoms with Crippen molar-refractivity contribution in [3.63, 3.8) is 0 Å². The highest BCUT2D eigenvalue weighted by Crippen LogP contribution is 2.17. The summed E-state index contributed by atoms with van der Waals surface area (Å²) in [5.74, 6) is 1.20. The van der Waals surface area contributed by atoms with Gasteiger partial charge >= 0.3 is 0 Å². The molecule has 1 N–H and O–H groups in total. The van der Waals surface area contributed by atoms with Crippen molar-refractivity contribution in [3.05, 3.63) is 59.7 Å². The van der Waals surface area contributed by atoms with Crippen LogP contribution >= 0.6 is 0 Å². The van der Waals surface area contributed by atoms with Crippen molar-refractivity contribution in [2.75, 3.05) is 14.2 Å². The SMILES string of the molecule is COc1ccc(CC(=O)N(Cc2ccc(OC)cc2)[C@@H](C)C(=O)NC(C)C)cc1. The lowest BCUT2D eigenvalue weighted by atomic mass is 10.1. The van der Waals surface area contributed by atoms with E-state index in [2.05, 4.69) is 5.32 Å². The Bertz CT molecular complexity index is 801. The molecule has 0 aromatic heterocycles. The van der Waals surface area contributed by atoms with E-state index in [4.69, 9.17) is 9.47 Å². The number of carbonyl (C=O) groups is 2. The second-order valence-electron chi connectivity index (χ2n) is 7.23. The van der Waals surface area contributed by atoms with E-state index in [1.165, 1.54) is 0 Å². The van der Waals surface area contributed by atoms with Crippen LogP contribution in [0, 0.1) is 0 Å². The van der Waals surface area contributed by atoms with E-state index in [-0.39, 0.29) is 24.3 Å². The number of methoxy groups -OCH3 is 2. The number of rotatable bonds is 9. The number of hydrogen-bond donors (Lipinski definition) is 1. The molecule has 2 aromatic carbocycles. The molecule has 0 aliphatic rings. The Balaban J connectivity index is 2.20. The molecule has 0 bridgehead atoms. The fraction of sp³-hybridized carbons (Fsp3) is 0.391. The third-order valence-electron chi connectivity index (χ3n) is 4.62. The van der Waals surface area contributed by atoms with Crippen molar-refractivity contribution in [3.8, 4) is 11.5 Å². The highest BCUT2D eigenvalue weighted by atomic mass is 16.5. The molecule has 0 spiro atoms. The van der Waals surface area contributed by atoms with Crippen LogP contribution in [0.2, 0.25) is 0 Å². The molecule has 0 saturated carbocycles. The first-order valence-electron chi connectivity index (χ1n) is 9.69. The van der Waals surface area contributed by atoms with Crippen molar-refractivity contribution in [2.45, 2.75) is 45.8 Å². The van der Waals surface area contributed by atoms with Crippen molar-refractivity contribution in [1.29, 1.82) is 0 Å². The van der Waals surface area contributed by atoms with Crippen LogP contribution < -0.4 is 14.8 Å². The van der Waals surface area contributed by atoms with Gasteiger partial charge in [0.15, 0.2) is 0 Å². The van der Waals surface area contributed by atoms with Crippen LogP contribution in [0.4, 0.5) is 0 Å². The van der Waals surface area contributed by atoms with Gasteiger partial charge in [-0.05, 0) is 56.2 Å². The summed E-state index contributed by atoms with van der Waals surface area (Å²) in [5, 5.41) is 2.89. The molecule has 0 heterocycles. The molecule has 2 amide bonds. The quantitative estimate of drug-likeness (QED) is 0.704. The Labute approximate surface area is 172 Å². The van der Waals surface area contributed by atoms with Crippen molar-refractivity contribution < 1.29 is 19.1 Å². The predicted octanol–water partition coefficient (Wildman–Crippen LogP) is 3.19. The zero-order valence-corrected chi connectivity index (χ0v) is 17.8. The summed E-state index contributed by atoms with van der Waals surface area (Å²) in [6.45, 7) is 5.90. The molecule has 0 fully saturated rings. The molecule has 6 nitrogen and oxygen atoms in total. The average Bonchev–Trinajstić information content (AvgIpc) is 2.72. The molecule has 0 aliphatic carbocycles. The second kappa shape index (κ2) is 10.5. The van der Waals surface area contributed by atoms with Crippen LogP contribution in [0.15, 0.2) is 48.5 Å². The maximum absolute atomic E-state index is 13.1. The monoisotopic (exact) mass is 398 g/mol. The van der Waals surface area contributed by atoms with Gasteiger partial charge in [-0.2, -0.15) is 0 Å². The first kappa shape index (κ1) is 22.3. The van der Waals surface area contributed by atoms with Crippen LogP contribution in [0.1, 0.15) is 31.9 Å². The zero-order valence-electron chi connectivity index (χ0n) is 17.8. The third-order valence-corrected chi connectivity index (χ3v) is 4.62. The molecular weight excluding hydrogens is 368 g/mol. The highest BCUT2D eigenvalue weighted by molar-refractivity contribution is 5.88. The van der Waals surface area contributed by atoms with E-state index < -0.39 is 6.04 Å². The molecule has 6 heteroatoms. The van der Waals surface area contributed by atoms with Crippen molar-refractivity contribution >= 4 is 11.8 Å². The first-order chi connectivity index (χ1) is 13.8.